The Labute approximate surface area is 147 Å². The normalized spacial score (nSPS) is 12.8. The molecule has 0 aliphatic heterocycles. The van der Waals surface area contributed by atoms with E-state index in [-0.39, 0.29) is 12.4 Å². The lowest BCUT2D eigenvalue weighted by Crippen LogP contribution is -2.38. The van der Waals surface area contributed by atoms with Crippen molar-refractivity contribution in [2.45, 2.75) is 29.2 Å². The first-order chi connectivity index (χ1) is 11.5. The molecule has 0 aliphatic rings. The number of nitrogens with one attached hydrogen (secondary N) is 2. The van der Waals surface area contributed by atoms with Gasteiger partial charge in [0.2, 0.25) is 10.0 Å². The third kappa shape index (κ3) is 5.23. The highest BCUT2D eigenvalue weighted by atomic mass is 32.2. The van der Waals surface area contributed by atoms with Gasteiger partial charge in [0, 0.05) is 12.7 Å². The molecule has 0 atom stereocenters. The van der Waals surface area contributed by atoms with Crippen LogP contribution in [0.3, 0.4) is 0 Å². The van der Waals surface area contributed by atoms with Crippen molar-refractivity contribution in [1.29, 1.82) is 0 Å². The topological polar surface area (TPSA) is 125 Å². The van der Waals surface area contributed by atoms with Gasteiger partial charge in [-0.05, 0) is 38.1 Å². The van der Waals surface area contributed by atoms with Crippen LogP contribution in [-0.2, 0) is 20.0 Å². The minimum absolute atomic E-state index is 0.0687. The van der Waals surface area contributed by atoms with Gasteiger partial charge in [-0.15, -0.1) is 0 Å². The summed E-state index contributed by atoms with van der Waals surface area (Å²) in [5.74, 6) is 0.0687. The van der Waals surface area contributed by atoms with Gasteiger partial charge in [-0.3, -0.25) is 4.72 Å². The summed E-state index contributed by atoms with van der Waals surface area (Å²) < 4.78 is 54.5. The fourth-order valence-electron chi connectivity index (χ4n) is 1.86. The van der Waals surface area contributed by atoms with Crippen molar-refractivity contribution in [2.75, 3.05) is 11.3 Å². The third-order valence-corrected chi connectivity index (χ3v) is 6.03. The number of hydrogen-bond acceptors (Lipinski definition) is 6. The van der Waals surface area contributed by atoms with E-state index in [4.69, 9.17) is 0 Å². The van der Waals surface area contributed by atoms with Crippen LogP contribution < -0.4 is 9.44 Å². The standard InChI is InChI=1S/C15H19N3O5S2/c1-15(2,19)11-17-24(20,21)12-7-3-4-8-13(12)25(22,23)18-14-9-5-6-10-16-14/h3-10,17,19H,11H2,1-2H3,(H,16,18). The largest absolute Gasteiger partial charge is 0.389 e. The van der Waals surface area contributed by atoms with E-state index < -0.39 is 35.4 Å². The molecular weight excluding hydrogens is 366 g/mol. The van der Waals surface area contributed by atoms with Crippen molar-refractivity contribution < 1.29 is 21.9 Å². The lowest BCUT2D eigenvalue weighted by molar-refractivity contribution is 0.0857. The first-order valence-corrected chi connectivity index (χ1v) is 10.2. The summed E-state index contributed by atoms with van der Waals surface area (Å²) in [4.78, 5) is 3.03. The second kappa shape index (κ2) is 7.08. The lowest BCUT2D eigenvalue weighted by Gasteiger charge is -2.18. The second-order valence-corrected chi connectivity index (χ2v) is 9.29. The average molecular weight is 385 g/mol. The zero-order chi connectivity index (χ0) is 18.7. The van der Waals surface area contributed by atoms with E-state index in [0.717, 1.165) is 0 Å². The minimum atomic E-state index is -4.18. The Hall–Kier alpha value is -2.01. The Morgan fingerprint density at radius 3 is 2.04 bits per heavy atom. The quantitative estimate of drug-likeness (QED) is 0.651. The molecule has 8 nitrogen and oxygen atoms in total. The molecule has 2 rings (SSSR count). The molecule has 0 fully saturated rings. The van der Waals surface area contributed by atoms with Crippen molar-refractivity contribution in [3.05, 3.63) is 48.7 Å². The van der Waals surface area contributed by atoms with E-state index in [1.807, 2.05) is 0 Å². The summed E-state index contributed by atoms with van der Waals surface area (Å²) in [6.07, 6.45) is 1.41. The van der Waals surface area contributed by atoms with E-state index >= 15 is 0 Å². The van der Waals surface area contributed by atoms with Crippen LogP contribution >= 0.6 is 0 Å². The molecule has 1 aromatic heterocycles. The number of nitrogens with zero attached hydrogens (tertiary/aromatic N) is 1. The summed E-state index contributed by atoms with van der Waals surface area (Å²) in [5.41, 5.74) is -1.28. The van der Waals surface area contributed by atoms with Gasteiger partial charge in [-0.1, -0.05) is 18.2 Å². The minimum Gasteiger partial charge on any atom is -0.389 e. The zero-order valence-corrected chi connectivity index (χ0v) is 15.3. The number of aliphatic hydroxyl groups is 1. The second-order valence-electron chi connectivity index (χ2n) is 5.90. The van der Waals surface area contributed by atoms with Crippen LogP contribution in [-0.4, -0.2) is 39.1 Å². The van der Waals surface area contributed by atoms with Crippen LogP contribution in [0.15, 0.2) is 58.5 Å². The van der Waals surface area contributed by atoms with Gasteiger partial charge in [0.15, 0.2) is 0 Å². The Morgan fingerprint density at radius 2 is 1.52 bits per heavy atom. The monoisotopic (exact) mass is 385 g/mol. The number of anilines is 1. The van der Waals surface area contributed by atoms with Crippen molar-refractivity contribution in [3.63, 3.8) is 0 Å². The number of benzene rings is 1. The van der Waals surface area contributed by atoms with Crippen LogP contribution in [0.4, 0.5) is 5.82 Å². The van der Waals surface area contributed by atoms with Gasteiger partial charge >= 0.3 is 0 Å². The Bertz CT molecular complexity index is 937. The maximum atomic E-state index is 12.6. The molecule has 0 spiro atoms. The maximum Gasteiger partial charge on any atom is 0.264 e. The molecule has 1 aromatic carbocycles. The summed E-state index contributed by atoms with van der Waals surface area (Å²) in [6, 6.07) is 9.86. The smallest absolute Gasteiger partial charge is 0.264 e. The van der Waals surface area contributed by atoms with Gasteiger partial charge in [0.1, 0.15) is 15.6 Å². The van der Waals surface area contributed by atoms with E-state index in [0.29, 0.717) is 0 Å². The number of pyridine rings is 1. The van der Waals surface area contributed by atoms with Gasteiger partial charge in [0.05, 0.1) is 5.60 Å². The van der Waals surface area contributed by atoms with Gasteiger partial charge in [-0.2, -0.15) is 0 Å². The van der Waals surface area contributed by atoms with Crippen LogP contribution in [0.1, 0.15) is 13.8 Å². The molecule has 0 saturated heterocycles. The van der Waals surface area contributed by atoms with Crippen LogP contribution in [0.2, 0.25) is 0 Å². The van der Waals surface area contributed by atoms with E-state index in [2.05, 4.69) is 14.4 Å². The molecule has 3 N–H and O–H groups in total. The fraction of sp³-hybridized carbons (Fsp3) is 0.267. The van der Waals surface area contributed by atoms with E-state index in [1.54, 1.807) is 12.1 Å². The van der Waals surface area contributed by atoms with Crippen molar-refractivity contribution >= 4 is 25.9 Å². The summed E-state index contributed by atoms with van der Waals surface area (Å²) in [6.45, 7) is 2.60. The zero-order valence-electron chi connectivity index (χ0n) is 13.7. The highest BCUT2D eigenvalue weighted by Crippen LogP contribution is 2.22. The summed E-state index contributed by atoms with van der Waals surface area (Å²) in [7, 11) is -8.32. The predicted molar refractivity (Wildman–Crippen MR) is 93.0 cm³/mol. The lowest BCUT2D eigenvalue weighted by atomic mass is 10.1. The van der Waals surface area contributed by atoms with Crippen molar-refractivity contribution in [3.8, 4) is 0 Å². The van der Waals surface area contributed by atoms with Gasteiger partial charge in [-0.25, -0.2) is 26.5 Å². The molecule has 0 amide bonds. The number of aromatic nitrogens is 1. The van der Waals surface area contributed by atoms with Crippen LogP contribution in [0.25, 0.3) is 0 Å². The van der Waals surface area contributed by atoms with E-state index in [9.17, 15) is 21.9 Å². The molecule has 2 aromatic rings. The Balaban J connectivity index is 2.40. The highest BCUT2D eigenvalue weighted by molar-refractivity contribution is 7.94. The third-order valence-electron chi connectivity index (χ3n) is 3.03. The fourth-order valence-corrected chi connectivity index (χ4v) is 4.90. The molecule has 10 heteroatoms. The molecule has 0 radical (unpaired) electrons. The molecular formula is C15H19N3O5S2. The molecule has 0 saturated carbocycles. The number of rotatable bonds is 7. The van der Waals surface area contributed by atoms with Crippen LogP contribution in [0.5, 0.6) is 0 Å². The maximum absolute atomic E-state index is 12.6. The molecule has 25 heavy (non-hydrogen) atoms. The highest BCUT2D eigenvalue weighted by Gasteiger charge is 2.27. The van der Waals surface area contributed by atoms with Gasteiger partial charge < -0.3 is 5.11 Å². The Morgan fingerprint density at radius 1 is 0.960 bits per heavy atom. The first kappa shape index (κ1) is 19.3. The van der Waals surface area contributed by atoms with Crippen LogP contribution in [0, 0.1) is 0 Å². The predicted octanol–water partition coefficient (Wildman–Crippen LogP) is 0.932. The summed E-state index contributed by atoms with van der Waals surface area (Å²) >= 11 is 0. The number of sulfonamides is 2. The molecule has 0 aliphatic carbocycles. The SMILES string of the molecule is CC(C)(O)CNS(=O)(=O)c1ccccc1S(=O)(=O)Nc1ccccn1. The molecule has 1 heterocycles. The molecule has 0 unspecified atom stereocenters. The number of hydrogen-bond donors (Lipinski definition) is 3. The van der Waals surface area contributed by atoms with Gasteiger partial charge in [0.25, 0.3) is 10.0 Å². The first-order valence-electron chi connectivity index (χ1n) is 7.26. The molecule has 136 valence electrons. The average Bonchev–Trinajstić information content (AvgIpc) is 2.53. The van der Waals surface area contributed by atoms with Crippen molar-refractivity contribution in [2.24, 2.45) is 0 Å². The molecule has 0 bridgehead atoms. The summed E-state index contributed by atoms with van der Waals surface area (Å²) in [5, 5.41) is 9.69. The Kier molecular flexibility index (Phi) is 5.47. The van der Waals surface area contributed by atoms with Crippen molar-refractivity contribution in [1.82, 2.24) is 9.71 Å². The van der Waals surface area contributed by atoms with E-state index in [1.165, 1.54) is 50.4 Å².